The summed E-state index contributed by atoms with van der Waals surface area (Å²) >= 11 is 0. The Labute approximate surface area is 188 Å². The molecule has 7 nitrogen and oxygen atoms in total. The molecule has 0 aliphatic heterocycles. The van der Waals surface area contributed by atoms with Crippen LogP contribution >= 0.6 is 0 Å². The maximum atomic E-state index is 14.1. The largest absolute Gasteiger partial charge is 0.480 e. The van der Waals surface area contributed by atoms with Crippen molar-refractivity contribution in [2.24, 2.45) is 11.8 Å². The van der Waals surface area contributed by atoms with Crippen molar-refractivity contribution < 1.29 is 33.0 Å². The zero-order chi connectivity index (χ0) is 23.4. The number of ether oxygens (including phenoxy) is 1. The Morgan fingerprint density at radius 3 is 2.12 bits per heavy atom. The Morgan fingerprint density at radius 2 is 1.58 bits per heavy atom. The molecule has 172 valence electrons. The minimum atomic E-state index is -3.31. The van der Waals surface area contributed by atoms with Crippen molar-refractivity contribution in [3.63, 3.8) is 0 Å². The number of carbonyl (C=O) groups is 3. The lowest BCUT2D eigenvalue weighted by Crippen LogP contribution is -2.44. The second kappa shape index (κ2) is 7.54. The van der Waals surface area contributed by atoms with Gasteiger partial charge >= 0.3 is 12.1 Å². The predicted octanol–water partition coefficient (Wildman–Crippen LogP) is 3.14. The molecule has 0 aromatic heterocycles. The second-order valence-corrected chi connectivity index (χ2v) is 8.84. The molecule has 2 fully saturated rings. The molecule has 3 N–H and O–H groups in total. The number of fused-ring (bicyclic) bond motifs is 3. The molecule has 0 heterocycles. The number of carboxylic acid groups (broad SMARTS) is 1. The van der Waals surface area contributed by atoms with E-state index in [0.717, 1.165) is 22.3 Å². The van der Waals surface area contributed by atoms with Gasteiger partial charge in [0.2, 0.25) is 5.91 Å². The summed E-state index contributed by atoms with van der Waals surface area (Å²) in [5.74, 6) is -8.76. The van der Waals surface area contributed by atoms with E-state index in [1.807, 2.05) is 48.5 Å². The summed E-state index contributed by atoms with van der Waals surface area (Å²) in [6.07, 6.45) is -0.410. The Balaban J connectivity index is 1.16. The summed E-state index contributed by atoms with van der Waals surface area (Å²) in [7, 11) is 0. The number of alkyl halides is 2. The minimum absolute atomic E-state index is 0.0476. The van der Waals surface area contributed by atoms with Crippen LogP contribution in [0.2, 0.25) is 0 Å². The fourth-order valence-electron chi connectivity index (χ4n) is 4.68. The SMILES string of the molecule is O=C(NC[C@H]1[C@@H](C(=O)NC2(C(=O)O)CC2)C1(F)F)OCC1c2ccccc2-c2ccccc21. The zero-order valence-electron chi connectivity index (χ0n) is 17.5. The van der Waals surface area contributed by atoms with Crippen LogP contribution in [0, 0.1) is 11.8 Å². The summed E-state index contributed by atoms with van der Waals surface area (Å²) < 4.78 is 33.6. The molecular formula is C24H22F2N2O5. The molecule has 2 amide bonds. The van der Waals surface area contributed by atoms with E-state index in [0.29, 0.717) is 0 Å². The average Bonchev–Trinajstić information content (AvgIpc) is 3.65. The molecule has 0 saturated heterocycles. The summed E-state index contributed by atoms with van der Waals surface area (Å²) in [5.41, 5.74) is 2.78. The number of carboxylic acids is 1. The van der Waals surface area contributed by atoms with Crippen LogP contribution in [-0.2, 0) is 14.3 Å². The van der Waals surface area contributed by atoms with Crippen molar-refractivity contribution >= 4 is 18.0 Å². The third-order valence-corrected chi connectivity index (χ3v) is 6.82. The molecule has 3 aliphatic carbocycles. The summed E-state index contributed by atoms with van der Waals surface area (Å²) in [6, 6.07) is 15.7. The highest BCUT2D eigenvalue weighted by Crippen LogP contribution is 2.55. The molecule has 2 aromatic carbocycles. The van der Waals surface area contributed by atoms with E-state index >= 15 is 0 Å². The van der Waals surface area contributed by atoms with Gasteiger partial charge in [0.25, 0.3) is 5.92 Å². The first-order valence-corrected chi connectivity index (χ1v) is 10.8. The number of nitrogens with one attached hydrogen (secondary N) is 2. The summed E-state index contributed by atoms with van der Waals surface area (Å²) in [4.78, 5) is 35.6. The highest BCUT2D eigenvalue weighted by Gasteiger charge is 2.72. The Kier molecular flexibility index (Phi) is 4.88. The van der Waals surface area contributed by atoms with Crippen LogP contribution in [0.1, 0.15) is 29.9 Å². The van der Waals surface area contributed by atoms with Crippen molar-refractivity contribution in [3.8, 4) is 11.1 Å². The summed E-state index contributed by atoms with van der Waals surface area (Å²) in [5, 5.41) is 13.7. The number of benzene rings is 2. The van der Waals surface area contributed by atoms with Crippen molar-refractivity contribution in [1.29, 1.82) is 0 Å². The van der Waals surface area contributed by atoms with Crippen LogP contribution in [0.5, 0.6) is 0 Å². The van der Waals surface area contributed by atoms with Crippen LogP contribution < -0.4 is 10.6 Å². The molecule has 5 rings (SSSR count). The number of carbonyl (C=O) groups excluding carboxylic acids is 2. The van der Waals surface area contributed by atoms with Gasteiger partial charge in [0.1, 0.15) is 18.1 Å². The van der Waals surface area contributed by atoms with E-state index in [4.69, 9.17) is 9.84 Å². The van der Waals surface area contributed by atoms with E-state index in [1.165, 1.54) is 0 Å². The standard InChI is InChI=1S/C24H22F2N2O5/c25-24(26)18(19(24)20(29)28-23(9-10-23)21(30)31)11-27-22(32)33-12-17-15-7-3-1-5-13(15)14-6-2-4-8-16(14)17/h1-8,17-19H,9-12H2,(H,27,32)(H,28,29)(H,30,31)/t18-,19-/m0/s1. The highest BCUT2D eigenvalue weighted by atomic mass is 19.3. The van der Waals surface area contributed by atoms with Crippen LogP contribution in [0.15, 0.2) is 48.5 Å². The van der Waals surface area contributed by atoms with E-state index in [1.54, 1.807) is 0 Å². The van der Waals surface area contributed by atoms with Gasteiger partial charge in [-0.1, -0.05) is 48.5 Å². The number of rotatable bonds is 7. The lowest BCUT2D eigenvalue weighted by atomic mass is 9.98. The fourth-order valence-corrected chi connectivity index (χ4v) is 4.68. The van der Waals surface area contributed by atoms with Gasteiger partial charge in [-0.05, 0) is 35.1 Å². The Morgan fingerprint density at radius 1 is 1.00 bits per heavy atom. The molecule has 3 aliphatic rings. The maximum absolute atomic E-state index is 14.1. The predicted molar refractivity (Wildman–Crippen MR) is 113 cm³/mol. The molecule has 0 radical (unpaired) electrons. The molecule has 0 spiro atoms. The third-order valence-electron chi connectivity index (χ3n) is 6.82. The normalized spacial score (nSPS) is 23.1. The number of hydrogen-bond acceptors (Lipinski definition) is 4. The lowest BCUT2D eigenvalue weighted by molar-refractivity contribution is -0.143. The monoisotopic (exact) mass is 456 g/mol. The van der Waals surface area contributed by atoms with Gasteiger partial charge in [0.05, 0.1) is 5.92 Å². The number of aliphatic carboxylic acids is 1. The average molecular weight is 456 g/mol. The minimum Gasteiger partial charge on any atom is -0.480 e. The number of amides is 2. The molecular weight excluding hydrogens is 434 g/mol. The maximum Gasteiger partial charge on any atom is 0.407 e. The van der Waals surface area contributed by atoms with E-state index in [-0.39, 0.29) is 25.4 Å². The van der Waals surface area contributed by atoms with Crippen LogP contribution in [0.25, 0.3) is 11.1 Å². The van der Waals surface area contributed by atoms with Crippen molar-refractivity contribution in [3.05, 3.63) is 59.7 Å². The number of hydrogen-bond donors (Lipinski definition) is 3. The molecule has 2 saturated carbocycles. The smallest absolute Gasteiger partial charge is 0.407 e. The van der Waals surface area contributed by atoms with Crippen LogP contribution in [-0.4, -0.2) is 47.7 Å². The van der Waals surface area contributed by atoms with Crippen LogP contribution in [0.3, 0.4) is 0 Å². The fraction of sp³-hybridized carbons (Fsp3) is 0.375. The molecule has 2 aromatic rings. The topological polar surface area (TPSA) is 105 Å². The molecule has 0 unspecified atom stereocenters. The van der Waals surface area contributed by atoms with Gasteiger partial charge in [0.15, 0.2) is 0 Å². The first kappa shape index (κ1) is 21.4. The Bertz CT molecular complexity index is 1100. The first-order valence-electron chi connectivity index (χ1n) is 10.8. The molecule has 0 bridgehead atoms. The van der Waals surface area contributed by atoms with Gasteiger partial charge in [-0.3, -0.25) is 4.79 Å². The Hall–Kier alpha value is -3.49. The van der Waals surface area contributed by atoms with Gasteiger partial charge in [-0.15, -0.1) is 0 Å². The van der Waals surface area contributed by atoms with E-state index in [9.17, 15) is 23.2 Å². The quantitative estimate of drug-likeness (QED) is 0.594. The second-order valence-electron chi connectivity index (χ2n) is 8.84. The van der Waals surface area contributed by atoms with Gasteiger partial charge in [-0.2, -0.15) is 0 Å². The highest BCUT2D eigenvalue weighted by molar-refractivity contribution is 5.92. The first-order chi connectivity index (χ1) is 15.7. The van der Waals surface area contributed by atoms with Crippen molar-refractivity contribution in [1.82, 2.24) is 10.6 Å². The van der Waals surface area contributed by atoms with E-state index < -0.39 is 47.8 Å². The van der Waals surface area contributed by atoms with Gasteiger partial charge in [0, 0.05) is 12.5 Å². The molecule has 9 heteroatoms. The van der Waals surface area contributed by atoms with Crippen molar-refractivity contribution in [2.45, 2.75) is 30.2 Å². The molecule has 2 atom stereocenters. The summed E-state index contributed by atoms with van der Waals surface area (Å²) in [6.45, 7) is -0.395. The zero-order valence-corrected chi connectivity index (χ0v) is 17.5. The van der Waals surface area contributed by atoms with Crippen molar-refractivity contribution in [2.75, 3.05) is 13.2 Å². The molecule has 33 heavy (non-hydrogen) atoms. The lowest BCUT2D eigenvalue weighted by Gasteiger charge is -2.14. The van der Waals surface area contributed by atoms with Crippen LogP contribution in [0.4, 0.5) is 13.6 Å². The number of halogens is 2. The van der Waals surface area contributed by atoms with Gasteiger partial charge < -0.3 is 20.5 Å². The number of alkyl carbamates (subject to hydrolysis) is 1. The van der Waals surface area contributed by atoms with Gasteiger partial charge in [-0.25, -0.2) is 18.4 Å². The van der Waals surface area contributed by atoms with E-state index in [2.05, 4.69) is 10.6 Å². The third kappa shape index (κ3) is 3.61.